The lowest BCUT2D eigenvalue weighted by molar-refractivity contribution is 0.530. The molecule has 2 N–H and O–H groups in total. The number of hydrogen-bond acceptors (Lipinski definition) is 3. The first-order valence-electron chi connectivity index (χ1n) is 5.12. The summed E-state index contributed by atoms with van der Waals surface area (Å²) >= 11 is 3.24. The van der Waals surface area contributed by atoms with Gasteiger partial charge >= 0.3 is 0 Å². The van der Waals surface area contributed by atoms with E-state index in [1.807, 2.05) is 0 Å². The Bertz CT molecular complexity index is 409. The molecule has 0 amide bonds. The molecule has 1 aromatic rings. The van der Waals surface area contributed by atoms with Crippen LogP contribution in [0.25, 0.3) is 0 Å². The Kier molecular flexibility index (Phi) is 2.82. The van der Waals surface area contributed by atoms with Gasteiger partial charge in [-0.25, -0.2) is 4.98 Å². The average molecular weight is 272 g/mol. The van der Waals surface area contributed by atoms with Crippen LogP contribution in [0.15, 0.2) is 15.6 Å². The highest BCUT2D eigenvalue weighted by molar-refractivity contribution is 9.10. The van der Waals surface area contributed by atoms with E-state index in [9.17, 15) is 4.79 Å². The normalized spacial score (nSPS) is 19.1. The Hall–Kier alpha value is -0.840. The Labute approximate surface area is 96.6 Å². The second kappa shape index (κ2) is 3.96. The van der Waals surface area contributed by atoms with Crippen LogP contribution in [0.4, 0.5) is 5.82 Å². The van der Waals surface area contributed by atoms with Gasteiger partial charge in [0.05, 0.1) is 6.33 Å². The fraction of sp³-hybridized carbons (Fsp3) is 0.600. The van der Waals surface area contributed by atoms with E-state index < -0.39 is 0 Å². The van der Waals surface area contributed by atoms with Crippen LogP contribution < -0.4 is 10.9 Å². The minimum Gasteiger partial charge on any atom is -0.364 e. The van der Waals surface area contributed by atoms with Crippen molar-refractivity contribution in [2.45, 2.75) is 38.1 Å². The van der Waals surface area contributed by atoms with E-state index in [0.29, 0.717) is 10.3 Å². The van der Waals surface area contributed by atoms with Gasteiger partial charge in [-0.2, -0.15) is 0 Å². The maximum Gasteiger partial charge on any atom is 0.267 e. The molecule has 1 heterocycles. The Balaban J connectivity index is 2.24. The van der Waals surface area contributed by atoms with Gasteiger partial charge in [-0.1, -0.05) is 12.8 Å². The summed E-state index contributed by atoms with van der Waals surface area (Å²) in [5.74, 6) is 0.642. The molecule has 0 saturated heterocycles. The van der Waals surface area contributed by atoms with Gasteiger partial charge in [-0.15, -0.1) is 0 Å². The third-order valence-corrected chi connectivity index (χ3v) is 3.66. The van der Waals surface area contributed by atoms with Crippen LogP contribution in [0.5, 0.6) is 0 Å². The van der Waals surface area contributed by atoms with E-state index in [4.69, 9.17) is 0 Å². The van der Waals surface area contributed by atoms with Crippen molar-refractivity contribution in [3.63, 3.8) is 0 Å². The third kappa shape index (κ3) is 2.22. The summed E-state index contributed by atoms with van der Waals surface area (Å²) < 4.78 is 0.484. The maximum absolute atomic E-state index is 11.3. The standard InChI is InChI=1S/C10H14BrN3O/c1-10(4-2-3-5-10)14-8-7(11)9(15)13-6-12-8/h6H,2-5H2,1H3,(H2,12,13,14,15). The van der Waals surface area contributed by atoms with E-state index in [1.165, 1.54) is 19.2 Å². The summed E-state index contributed by atoms with van der Waals surface area (Å²) in [6.07, 6.45) is 6.17. The number of hydrogen-bond donors (Lipinski definition) is 2. The van der Waals surface area contributed by atoms with Gasteiger partial charge in [0, 0.05) is 5.54 Å². The third-order valence-electron chi connectivity index (χ3n) is 2.92. The van der Waals surface area contributed by atoms with Gasteiger partial charge in [-0.3, -0.25) is 4.79 Å². The van der Waals surface area contributed by atoms with Crippen molar-refractivity contribution in [3.8, 4) is 0 Å². The number of aromatic nitrogens is 2. The highest BCUT2D eigenvalue weighted by Gasteiger charge is 2.29. The molecule has 1 aliphatic rings. The number of nitrogens with zero attached hydrogens (tertiary/aromatic N) is 1. The summed E-state index contributed by atoms with van der Waals surface area (Å²) in [6, 6.07) is 0. The van der Waals surface area contributed by atoms with Gasteiger partial charge < -0.3 is 10.3 Å². The van der Waals surface area contributed by atoms with Crippen LogP contribution in [-0.2, 0) is 0 Å². The fourth-order valence-corrected chi connectivity index (χ4v) is 2.35. The second-order valence-electron chi connectivity index (χ2n) is 4.29. The van der Waals surface area contributed by atoms with Crippen LogP contribution >= 0.6 is 15.9 Å². The minimum atomic E-state index is -0.144. The first-order chi connectivity index (χ1) is 7.11. The second-order valence-corrected chi connectivity index (χ2v) is 5.08. The van der Waals surface area contributed by atoms with Crippen LogP contribution in [0.2, 0.25) is 0 Å². The van der Waals surface area contributed by atoms with E-state index in [1.54, 1.807) is 0 Å². The summed E-state index contributed by atoms with van der Waals surface area (Å²) in [6.45, 7) is 2.18. The lowest BCUT2D eigenvalue weighted by Gasteiger charge is -2.26. The lowest BCUT2D eigenvalue weighted by Crippen LogP contribution is -2.32. The van der Waals surface area contributed by atoms with Crippen LogP contribution in [-0.4, -0.2) is 15.5 Å². The summed E-state index contributed by atoms with van der Waals surface area (Å²) in [7, 11) is 0. The molecular weight excluding hydrogens is 258 g/mol. The summed E-state index contributed by atoms with van der Waals surface area (Å²) in [5, 5.41) is 3.35. The average Bonchev–Trinajstić information content (AvgIpc) is 2.60. The molecule has 0 atom stereocenters. The van der Waals surface area contributed by atoms with Gasteiger partial charge in [0.15, 0.2) is 0 Å². The number of nitrogens with one attached hydrogen (secondary N) is 2. The van der Waals surface area contributed by atoms with Gasteiger partial charge in [-0.05, 0) is 35.7 Å². The van der Waals surface area contributed by atoms with Crippen molar-refractivity contribution in [1.29, 1.82) is 0 Å². The van der Waals surface area contributed by atoms with Crippen LogP contribution in [0, 0.1) is 0 Å². The first kappa shape index (κ1) is 10.7. The van der Waals surface area contributed by atoms with Gasteiger partial charge in [0.2, 0.25) is 0 Å². The largest absolute Gasteiger partial charge is 0.364 e. The highest BCUT2D eigenvalue weighted by Crippen LogP contribution is 2.32. The van der Waals surface area contributed by atoms with Crippen LogP contribution in [0.1, 0.15) is 32.6 Å². The van der Waals surface area contributed by atoms with E-state index in [-0.39, 0.29) is 11.1 Å². The van der Waals surface area contributed by atoms with Crippen molar-refractivity contribution < 1.29 is 0 Å². The molecule has 1 aliphatic carbocycles. The summed E-state index contributed by atoms with van der Waals surface area (Å²) in [4.78, 5) is 18.0. The lowest BCUT2D eigenvalue weighted by atomic mass is 10.0. The molecule has 0 bridgehead atoms. The SMILES string of the molecule is CC1(Nc2nc[nH]c(=O)c2Br)CCCC1. The first-order valence-corrected chi connectivity index (χ1v) is 5.91. The quantitative estimate of drug-likeness (QED) is 0.868. The van der Waals surface area contributed by atoms with E-state index in [0.717, 1.165) is 12.8 Å². The fourth-order valence-electron chi connectivity index (χ4n) is 2.04. The molecule has 5 heteroatoms. The molecule has 0 spiro atoms. The molecule has 1 saturated carbocycles. The van der Waals surface area contributed by atoms with Crippen molar-refractivity contribution in [1.82, 2.24) is 9.97 Å². The molecule has 0 aromatic carbocycles. The Morgan fingerprint density at radius 3 is 2.87 bits per heavy atom. The summed E-state index contributed by atoms with van der Waals surface area (Å²) in [5.41, 5.74) is -0.0577. The topological polar surface area (TPSA) is 57.8 Å². The molecule has 0 radical (unpaired) electrons. The molecule has 4 nitrogen and oxygen atoms in total. The monoisotopic (exact) mass is 271 g/mol. The molecule has 0 unspecified atom stereocenters. The number of aromatic amines is 1. The zero-order valence-corrected chi connectivity index (χ0v) is 10.2. The maximum atomic E-state index is 11.3. The number of rotatable bonds is 2. The minimum absolute atomic E-state index is 0.0866. The Morgan fingerprint density at radius 2 is 2.20 bits per heavy atom. The molecular formula is C10H14BrN3O. The zero-order valence-electron chi connectivity index (χ0n) is 8.64. The molecule has 1 aromatic heterocycles. The van der Waals surface area contributed by atoms with Gasteiger partial charge in [0.1, 0.15) is 10.3 Å². The molecule has 15 heavy (non-hydrogen) atoms. The molecule has 82 valence electrons. The predicted octanol–water partition coefficient (Wildman–Crippen LogP) is 2.28. The van der Waals surface area contributed by atoms with E-state index >= 15 is 0 Å². The van der Waals surface area contributed by atoms with Crippen molar-refractivity contribution in [3.05, 3.63) is 21.2 Å². The Morgan fingerprint density at radius 1 is 1.53 bits per heavy atom. The van der Waals surface area contributed by atoms with Crippen molar-refractivity contribution >= 4 is 21.7 Å². The zero-order chi connectivity index (χ0) is 10.9. The molecule has 1 fully saturated rings. The predicted molar refractivity (Wildman–Crippen MR) is 63.1 cm³/mol. The van der Waals surface area contributed by atoms with Crippen molar-refractivity contribution in [2.75, 3.05) is 5.32 Å². The smallest absolute Gasteiger partial charge is 0.267 e. The van der Waals surface area contributed by atoms with E-state index in [2.05, 4.69) is 38.1 Å². The molecule has 0 aliphatic heterocycles. The number of anilines is 1. The number of H-pyrrole nitrogens is 1. The molecule has 2 rings (SSSR count). The van der Waals surface area contributed by atoms with Gasteiger partial charge in [0.25, 0.3) is 5.56 Å². The van der Waals surface area contributed by atoms with Crippen molar-refractivity contribution in [2.24, 2.45) is 0 Å². The highest BCUT2D eigenvalue weighted by atomic mass is 79.9. The number of halogens is 1. The van der Waals surface area contributed by atoms with Crippen LogP contribution in [0.3, 0.4) is 0 Å².